The van der Waals surface area contributed by atoms with Gasteiger partial charge in [0.1, 0.15) is 22.8 Å². The molecule has 10 nitrogen and oxygen atoms in total. The number of fused-ring (bicyclic) bond motifs is 3. The summed E-state index contributed by atoms with van der Waals surface area (Å²) in [5.41, 5.74) is 1.16. The van der Waals surface area contributed by atoms with Gasteiger partial charge in [0.05, 0.1) is 29.2 Å². The largest absolute Gasteiger partial charge is 0.508 e. The molecule has 7 N–H and O–H groups in total. The van der Waals surface area contributed by atoms with Crippen molar-refractivity contribution in [1.29, 1.82) is 0 Å². The molecule has 0 radical (unpaired) electrons. The second kappa shape index (κ2) is 6.76. The minimum atomic E-state index is -2.94. The van der Waals surface area contributed by atoms with Crippen LogP contribution in [0.2, 0.25) is 0 Å². The highest BCUT2D eigenvalue weighted by Gasteiger charge is 2.68. The second-order valence-electron chi connectivity index (χ2n) is 8.44. The summed E-state index contributed by atoms with van der Waals surface area (Å²) >= 11 is 0. The van der Waals surface area contributed by atoms with Crippen molar-refractivity contribution in [2.75, 3.05) is 14.1 Å². The number of likely N-dealkylation sites (N-methyl/N-ethyl adjacent to an activating group) is 1. The second-order valence-corrected chi connectivity index (χ2v) is 8.44. The Morgan fingerprint density at radius 2 is 1.81 bits per heavy atom. The minimum Gasteiger partial charge on any atom is -0.508 e. The summed E-state index contributed by atoms with van der Waals surface area (Å²) in [4.78, 5) is 39.8. The first-order valence-electron chi connectivity index (χ1n) is 9.71. The third-order valence-electron chi connectivity index (χ3n) is 6.61. The topological polar surface area (TPSA) is 182 Å². The van der Waals surface area contributed by atoms with Crippen LogP contribution in [0.4, 0.5) is 0 Å². The van der Waals surface area contributed by atoms with Crippen LogP contribution in [-0.2, 0) is 14.4 Å². The molecular formula is C22H22N2O8. The van der Waals surface area contributed by atoms with Gasteiger partial charge in [-0.2, -0.15) is 0 Å². The van der Waals surface area contributed by atoms with Crippen LogP contribution < -0.4 is 5.73 Å². The number of rotatable bonds is 2. The van der Waals surface area contributed by atoms with Gasteiger partial charge in [-0.15, -0.1) is 0 Å². The van der Waals surface area contributed by atoms with Gasteiger partial charge in [0.15, 0.2) is 11.4 Å². The predicted octanol–water partition coefficient (Wildman–Crippen LogP) is -0.594. The fourth-order valence-electron chi connectivity index (χ4n) is 5.21. The summed E-state index contributed by atoms with van der Waals surface area (Å²) < 4.78 is 0. The van der Waals surface area contributed by atoms with Gasteiger partial charge in [0.25, 0.3) is 5.91 Å². The van der Waals surface area contributed by atoms with E-state index in [4.69, 9.17) is 5.73 Å². The van der Waals surface area contributed by atoms with Gasteiger partial charge in [-0.05, 0) is 31.3 Å². The van der Waals surface area contributed by atoms with Crippen molar-refractivity contribution in [2.45, 2.75) is 17.7 Å². The van der Waals surface area contributed by atoms with Crippen LogP contribution >= 0.6 is 0 Å². The molecule has 0 unspecified atom stereocenters. The molecular weight excluding hydrogens is 420 g/mol. The molecule has 0 bridgehead atoms. The molecule has 3 aliphatic rings. The standard InChI is InChI=1S/C22H22N2O8/c1-7-8-5-4-6-9(25)11(8)16(26)12-10(7)17(27)14-15(24(2)3)18(28)13(21(23)31)20(30)22(14,32)19(12)29/h4-6,10,14-15,17,25-27,30,32H,1H2,2-3H3,(H2,23,31)/t10-,14+,15+,17+,22-/m0/s1. The quantitative estimate of drug-likeness (QED) is 0.326. The van der Waals surface area contributed by atoms with E-state index in [0.717, 1.165) is 0 Å². The molecule has 3 aliphatic carbocycles. The van der Waals surface area contributed by atoms with E-state index in [9.17, 15) is 39.9 Å². The molecule has 168 valence electrons. The van der Waals surface area contributed by atoms with E-state index in [-0.39, 0.29) is 22.4 Å². The first-order valence-corrected chi connectivity index (χ1v) is 9.71. The minimum absolute atomic E-state index is 0.124. The number of carbonyl (C=O) groups excluding carboxylic acids is 3. The van der Waals surface area contributed by atoms with Crippen LogP contribution in [0.15, 0.2) is 41.7 Å². The predicted molar refractivity (Wildman–Crippen MR) is 111 cm³/mol. The Kier molecular flexibility index (Phi) is 4.60. The summed E-state index contributed by atoms with van der Waals surface area (Å²) in [5, 5.41) is 54.7. The summed E-state index contributed by atoms with van der Waals surface area (Å²) in [6.07, 6.45) is -1.69. The van der Waals surface area contributed by atoms with Crippen LogP contribution in [0.3, 0.4) is 0 Å². The highest BCUT2D eigenvalue weighted by atomic mass is 16.4. The number of aliphatic hydroxyl groups excluding tert-OH is 3. The van der Waals surface area contributed by atoms with Crippen LogP contribution in [0.5, 0.6) is 5.75 Å². The Morgan fingerprint density at radius 1 is 1.19 bits per heavy atom. The van der Waals surface area contributed by atoms with Gasteiger partial charge in [0.2, 0.25) is 5.78 Å². The number of hydrogen-bond donors (Lipinski definition) is 6. The van der Waals surface area contributed by atoms with Crippen LogP contribution in [0, 0.1) is 11.8 Å². The molecule has 0 aliphatic heterocycles. The number of amides is 1. The molecule has 10 heteroatoms. The lowest BCUT2D eigenvalue weighted by molar-refractivity contribution is -0.166. The van der Waals surface area contributed by atoms with Crippen LogP contribution in [0.25, 0.3) is 11.3 Å². The van der Waals surface area contributed by atoms with Crippen molar-refractivity contribution in [3.8, 4) is 5.75 Å². The number of hydrogen-bond acceptors (Lipinski definition) is 9. The number of carbonyl (C=O) groups is 3. The van der Waals surface area contributed by atoms with Crippen molar-refractivity contribution >= 4 is 28.8 Å². The van der Waals surface area contributed by atoms with E-state index in [2.05, 4.69) is 6.58 Å². The van der Waals surface area contributed by atoms with Crippen LogP contribution in [-0.4, -0.2) is 79.7 Å². The number of phenolic OH excluding ortho intramolecular Hbond substituents is 1. The molecule has 4 rings (SSSR count). The van der Waals surface area contributed by atoms with Gasteiger partial charge in [-0.25, -0.2) is 0 Å². The molecule has 0 saturated heterocycles. The number of nitrogens with two attached hydrogens (primary N) is 1. The maximum atomic E-state index is 13.6. The molecule has 0 heterocycles. The highest BCUT2D eigenvalue weighted by molar-refractivity contribution is 6.25. The molecule has 1 fully saturated rings. The molecule has 1 aromatic rings. The monoisotopic (exact) mass is 442 g/mol. The number of primary amides is 1. The van der Waals surface area contributed by atoms with Gasteiger partial charge in [-0.1, -0.05) is 18.7 Å². The maximum absolute atomic E-state index is 13.6. The number of nitrogens with zero attached hydrogens (tertiary/aromatic N) is 1. The lowest BCUT2D eigenvalue weighted by Gasteiger charge is -2.52. The number of benzene rings is 1. The van der Waals surface area contributed by atoms with E-state index in [1.54, 1.807) is 0 Å². The molecule has 0 aromatic heterocycles. The van der Waals surface area contributed by atoms with Crippen molar-refractivity contribution in [2.24, 2.45) is 17.6 Å². The number of ketones is 2. The van der Waals surface area contributed by atoms with Crippen LogP contribution in [0.1, 0.15) is 11.1 Å². The lowest BCUT2D eigenvalue weighted by Crippen LogP contribution is -2.70. The molecule has 1 saturated carbocycles. The Labute approximate surface area is 182 Å². The number of phenols is 1. The zero-order valence-electron chi connectivity index (χ0n) is 17.2. The van der Waals surface area contributed by atoms with Gasteiger partial charge in [-0.3, -0.25) is 19.3 Å². The van der Waals surface area contributed by atoms with Gasteiger partial charge in [0, 0.05) is 5.92 Å². The SMILES string of the molecule is C=C1c2cccc(O)c2C(O)=C2C(=O)[C@]3(O)C(O)=C(C(N)=O)C(=O)[C@H](N(C)C)[C@@H]3[C@H](O)[C@@H]12. The van der Waals surface area contributed by atoms with E-state index >= 15 is 0 Å². The van der Waals surface area contributed by atoms with Crippen molar-refractivity contribution in [3.63, 3.8) is 0 Å². The average molecular weight is 442 g/mol. The molecule has 32 heavy (non-hydrogen) atoms. The Hall–Kier alpha value is -3.47. The maximum Gasteiger partial charge on any atom is 0.255 e. The zero-order valence-corrected chi connectivity index (χ0v) is 17.2. The summed E-state index contributed by atoms with van der Waals surface area (Å²) in [7, 11) is 2.88. The summed E-state index contributed by atoms with van der Waals surface area (Å²) in [6.45, 7) is 3.91. The van der Waals surface area contributed by atoms with E-state index in [1.165, 1.54) is 37.2 Å². The van der Waals surface area contributed by atoms with Crippen molar-refractivity contribution in [3.05, 3.63) is 52.8 Å². The smallest absolute Gasteiger partial charge is 0.255 e. The van der Waals surface area contributed by atoms with Gasteiger partial charge >= 0.3 is 0 Å². The number of aliphatic hydroxyl groups is 4. The third kappa shape index (κ3) is 2.42. The van der Waals surface area contributed by atoms with Crippen molar-refractivity contribution < 1.29 is 39.9 Å². The molecule has 1 amide bonds. The summed E-state index contributed by atoms with van der Waals surface area (Å²) in [5.74, 6) is -8.78. The van der Waals surface area contributed by atoms with E-state index < -0.39 is 69.7 Å². The fraction of sp³-hybridized carbons (Fsp3) is 0.318. The Morgan fingerprint density at radius 3 is 2.38 bits per heavy atom. The molecule has 5 atom stereocenters. The first kappa shape index (κ1) is 21.8. The third-order valence-corrected chi connectivity index (χ3v) is 6.61. The fourth-order valence-corrected chi connectivity index (χ4v) is 5.21. The van der Waals surface area contributed by atoms with Gasteiger partial charge < -0.3 is 31.3 Å². The molecule has 1 aromatic carbocycles. The van der Waals surface area contributed by atoms with E-state index in [0.29, 0.717) is 0 Å². The van der Waals surface area contributed by atoms with E-state index in [1.807, 2.05) is 0 Å². The zero-order chi connectivity index (χ0) is 23.9. The summed E-state index contributed by atoms with van der Waals surface area (Å²) in [6, 6.07) is 2.89. The Balaban J connectivity index is 2.08. The lowest BCUT2D eigenvalue weighted by atomic mass is 9.55. The normalized spacial score (nSPS) is 32.1. The number of aromatic hydroxyl groups is 1. The number of Topliss-reactive ketones (excluding diaryl/α,β-unsaturated/α-hetero) is 2. The van der Waals surface area contributed by atoms with Crippen molar-refractivity contribution in [1.82, 2.24) is 4.90 Å². The Bertz CT molecular complexity index is 1180. The average Bonchev–Trinajstić information content (AvgIpc) is 2.70. The molecule has 0 spiro atoms. The first-order chi connectivity index (χ1) is 14.9. The highest BCUT2D eigenvalue weighted by Crippen LogP contribution is 2.55.